The van der Waals surface area contributed by atoms with Crippen LogP contribution < -0.4 is 5.32 Å². The standard InChI is InChI=1S/C15H19N3O/c1-3-13-10-14(18-17-13)16-15(19)8-7-12-6-4-5-11(2)9-12/h4-6,9-10H,3,7-8H2,1-2H3,(H2,16,17,18,19). The number of anilines is 1. The van der Waals surface area contributed by atoms with Gasteiger partial charge in [0.15, 0.2) is 5.82 Å². The quantitative estimate of drug-likeness (QED) is 0.865. The predicted octanol–water partition coefficient (Wildman–Crippen LogP) is 2.85. The third-order valence-corrected chi connectivity index (χ3v) is 3.00. The average molecular weight is 257 g/mol. The third-order valence-electron chi connectivity index (χ3n) is 3.00. The van der Waals surface area contributed by atoms with Crippen LogP contribution >= 0.6 is 0 Å². The van der Waals surface area contributed by atoms with Gasteiger partial charge in [-0.1, -0.05) is 36.8 Å². The molecule has 0 aliphatic carbocycles. The van der Waals surface area contributed by atoms with E-state index < -0.39 is 0 Å². The molecule has 2 N–H and O–H groups in total. The number of carbonyl (C=O) groups is 1. The smallest absolute Gasteiger partial charge is 0.225 e. The van der Waals surface area contributed by atoms with Crippen molar-refractivity contribution in [1.82, 2.24) is 10.2 Å². The Kier molecular flexibility index (Phi) is 4.34. The first-order chi connectivity index (χ1) is 9.17. The molecule has 100 valence electrons. The maximum atomic E-state index is 11.8. The van der Waals surface area contributed by atoms with E-state index in [9.17, 15) is 4.79 Å². The van der Waals surface area contributed by atoms with Gasteiger partial charge in [0.25, 0.3) is 0 Å². The Morgan fingerprint density at radius 1 is 1.37 bits per heavy atom. The van der Waals surface area contributed by atoms with Gasteiger partial charge in [-0.25, -0.2) is 0 Å². The van der Waals surface area contributed by atoms with Crippen LogP contribution in [0.15, 0.2) is 30.3 Å². The van der Waals surface area contributed by atoms with Crippen LogP contribution in [0.25, 0.3) is 0 Å². The van der Waals surface area contributed by atoms with Crippen molar-refractivity contribution in [2.75, 3.05) is 5.32 Å². The Morgan fingerprint density at radius 2 is 2.21 bits per heavy atom. The van der Waals surface area contributed by atoms with Crippen molar-refractivity contribution in [1.29, 1.82) is 0 Å². The Balaban J connectivity index is 1.84. The first kappa shape index (κ1) is 13.3. The fraction of sp³-hybridized carbons (Fsp3) is 0.333. The van der Waals surface area contributed by atoms with Gasteiger partial charge in [-0.2, -0.15) is 5.10 Å². The number of aromatic nitrogens is 2. The van der Waals surface area contributed by atoms with Crippen molar-refractivity contribution in [3.8, 4) is 0 Å². The zero-order valence-corrected chi connectivity index (χ0v) is 11.4. The SMILES string of the molecule is CCc1cc(NC(=O)CCc2cccc(C)c2)n[nH]1. The van der Waals surface area contributed by atoms with Gasteiger partial charge in [0.1, 0.15) is 0 Å². The van der Waals surface area contributed by atoms with Crippen LogP contribution in [0.2, 0.25) is 0 Å². The summed E-state index contributed by atoms with van der Waals surface area (Å²) in [5, 5.41) is 9.72. The second kappa shape index (κ2) is 6.18. The average Bonchev–Trinajstić information content (AvgIpc) is 2.84. The Morgan fingerprint density at radius 3 is 2.89 bits per heavy atom. The summed E-state index contributed by atoms with van der Waals surface area (Å²) in [6.45, 7) is 4.09. The van der Waals surface area contributed by atoms with Gasteiger partial charge in [0.05, 0.1) is 0 Å². The van der Waals surface area contributed by atoms with E-state index >= 15 is 0 Å². The highest BCUT2D eigenvalue weighted by atomic mass is 16.1. The first-order valence-corrected chi connectivity index (χ1v) is 6.57. The number of nitrogens with one attached hydrogen (secondary N) is 2. The van der Waals surface area contributed by atoms with E-state index in [0.717, 1.165) is 18.5 Å². The molecule has 0 aliphatic heterocycles. The van der Waals surface area contributed by atoms with Gasteiger partial charge in [0.2, 0.25) is 5.91 Å². The number of benzene rings is 1. The van der Waals surface area contributed by atoms with Gasteiger partial charge in [0, 0.05) is 18.2 Å². The van der Waals surface area contributed by atoms with Crippen molar-refractivity contribution >= 4 is 11.7 Å². The van der Waals surface area contributed by atoms with E-state index in [2.05, 4.69) is 34.6 Å². The van der Waals surface area contributed by atoms with Crippen molar-refractivity contribution < 1.29 is 4.79 Å². The highest BCUT2D eigenvalue weighted by Crippen LogP contribution is 2.09. The molecular weight excluding hydrogens is 238 g/mol. The molecule has 0 saturated carbocycles. The normalized spacial score (nSPS) is 10.4. The topological polar surface area (TPSA) is 57.8 Å². The Bertz CT molecular complexity index is 560. The maximum absolute atomic E-state index is 11.8. The molecule has 0 aliphatic rings. The molecule has 1 amide bonds. The van der Waals surface area contributed by atoms with E-state index in [1.54, 1.807) is 0 Å². The van der Waals surface area contributed by atoms with Gasteiger partial charge >= 0.3 is 0 Å². The molecular formula is C15H19N3O. The van der Waals surface area contributed by atoms with E-state index in [1.165, 1.54) is 11.1 Å². The van der Waals surface area contributed by atoms with Crippen LogP contribution in [0.1, 0.15) is 30.2 Å². The molecule has 1 aromatic heterocycles. The molecule has 2 aromatic rings. The van der Waals surface area contributed by atoms with Crippen LogP contribution in [-0.4, -0.2) is 16.1 Å². The minimum absolute atomic E-state index is 0.00402. The number of hydrogen-bond donors (Lipinski definition) is 2. The van der Waals surface area contributed by atoms with Crippen LogP contribution in [-0.2, 0) is 17.6 Å². The van der Waals surface area contributed by atoms with Gasteiger partial charge < -0.3 is 5.32 Å². The molecule has 1 aromatic carbocycles. The van der Waals surface area contributed by atoms with Crippen molar-refractivity contribution in [2.24, 2.45) is 0 Å². The van der Waals surface area contributed by atoms with E-state index in [4.69, 9.17) is 0 Å². The largest absolute Gasteiger partial charge is 0.309 e. The predicted molar refractivity (Wildman–Crippen MR) is 76.1 cm³/mol. The lowest BCUT2D eigenvalue weighted by Gasteiger charge is -2.03. The Labute approximate surface area is 113 Å². The van der Waals surface area contributed by atoms with Gasteiger partial charge in [-0.3, -0.25) is 9.89 Å². The summed E-state index contributed by atoms with van der Waals surface area (Å²) in [4.78, 5) is 11.8. The summed E-state index contributed by atoms with van der Waals surface area (Å²) < 4.78 is 0. The molecule has 0 atom stereocenters. The lowest BCUT2D eigenvalue weighted by molar-refractivity contribution is -0.116. The van der Waals surface area contributed by atoms with E-state index in [1.807, 2.05) is 25.1 Å². The molecule has 0 bridgehead atoms. The maximum Gasteiger partial charge on any atom is 0.225 e. The Hall–Kier alpha value is -2.10. The summed E-state index contributed by atoms with van der Waals surface area (Å²) in [5.74, 6) is 0.599. The first-order valence-electron chi connectivity index (χ1n) is 6.57. The molecule has 19 heavy (non-hydrogen) atoms. The molecule has 4 nitrogen and oxygen atoms in total. The number of amides is 1. The number of aryl methyl sites for hydroxylation is 3. The molecule has 0 unspecified atom stereocenters. The summed E-state index contributed by atoms with van der Waals surface area (Å²) in [6, 6.07) is 10.1. The van der Waals surface area contributed by atoms with Gasteiger partial charge in [-0.05, 0) is 25.3 Å². The summed E-state index contributed by atoms with van der Waals surface area (Å²) in [5.41, 5.74) is 3.43. The van der Waals surface area contributed by atoms with Crippen molar-refractivity contribution in [3.63, 3.8) is 0 Å². The molecule has 4 heteroatoms. The monoisotopic (exact) mass is 257 g/mol. The molecule has 2 rings (SSSR count). The van der Waals surface area contributed by atoms with Crippen LogP contribution in [0, 0.1) is 6.92 Å². The molecule has 0 fully saturated rings. The highest BCUT2D eigenvalue weighted by Gasteiger charge is 2.06. The molecule has 0 radical (unpaired) electrons. The highest BCUT2D eigenvalue weighted by molar-refractivity contribution is 5.89. The number of rotatable bonds is 5. The van der Waals surface area contributed by atoms with Crippen molar-refractivity contribution in [3.05, 3.63) is 47.2 Å². The lowest BCUT2D eigenvalue weighted by Crippen LogP contribution is -2.12. The van der Waals surface area contributed by atoms with E-state index in [-0.39, 0.29) is 5.91 Å². The minimum Gasteiger partial charge on any atom is -0.309 e. The lowest BCUT2D eigenvalue weighted by atomic mass is 10.1. The fourth-order valence-corrected chi connectivity index (χ4v) is 1.94. The molecule has 0 spiro atoms. The summed E-state index contributed by atoms with van der Waals surface area (Å²) in [7, 11) is 0. The van der Waals surface area contributed by atoms with Gasteiger partial charge in [-0.15, -0.1) is 0 Å². The number of carbonyl (C=O) groups excluding carboxylic acids is 1. The number of aromatic amines is 1. The fourth-order valence-electron chi connectivity index (χ4n) is 1.94. The van der Waals surface area contributed by atoms with Crippen LogP contribution in [0.3, 0.4) is 0 Å². The zero-order chi connectivity index (χ0) is 13.7. The second-order valence-electron chi connectivity index (χ2n) is 4.67. The summed E-state index contributed by atoms with van der Waals surface area (Å²) >= 11 is 0. The molecule has 0 saturated heterocycles. The number of H-pyrrole nitrogens is 1. The zero-order valence-electron chi connectivity index (χ0n) is 11.4. The molecule has 1 heterocycles. The second-order valence-corrected chi connectivity index (χ2v) is 4.67. The van der Waals surface area contributed by atoms with Crippen LogP contribution in [0.4, 0.5) is 5.82 Å². The summed E-state index contributed by atoms with van der Waals surface area (Å²) in [6.07, 6.45) is 2.10. The van der Waals surface area contributed by atoms with Crippen LogP contribution in [0.5, 0.6) is 0 Å². The third kappa shape index (κ3) is 3.95. The van der Waals surface area contributed by atoms with Crippen molar-refractivity contribution in [2.45, 2.75) is 33.1 Å². The number of nitrogens with zero attached hydrogens (tertiary/aromatic N) is 1. The van der Waals surface area contributed by atoms with E-state index in [0.29, 0.717) is 12.2 Å². The minimum atomic E-state index is -0.00402. The number of hydrogen-bond acceptors (Lipinski definition) is 2.